The predicted molar refractivity (Wildman–Crippen MR) is 59.7 cm³/mol. The molecule has 0 aliphatic carbocycles. The number of rotatable bonds is 2. The van der Waals surface area contributed by atoms with E-state index < -0.39 is 0 Å². The molecule has 0 bridgehead atoms. The molecule has 1 unspecified atom stereocenters. The fourth-order valence-corrected chi connectivity index (χ4v) is 2.10. The number of hydrogen-bond acceptors (Lipinski definition) is 3. The molecule has 0 amide bonds. The Morgan fingerprint density at radius 3 is 2.93 bits per heavy atom. The van der Waals surface area contributed by atoms with E-state index in [9.17, 15) is 0 Å². The molecule has 0 saturated heterocycles. The van der Waals surface area contributed by atoms with E-state index in [1.54, 1.807) is 6.07 Å². The fraction of sp³-hybridized carbons (Fsp3) is 0.455. The second-order valence-corrected chi connectivity index (χ2v) is 4.28. The maximum absolute atomic E-state index is 6.17. The summed E-state index contributed by atoms with van der Waals surface area (Å²) in [6.45, 7) is 4.21. The third-order valence-electron chi connectivity index (χ3n) is 2.51. The van der Waals surface area contributed by atoms with Crippen molar-refractivity contribution >= 4 is 11.6 Å². The summed E-state index contributed by atoms with van der Waals surface area (Å²) in [5.41, 5.74) is 7.86. The first-order valence-corrected chi connectivity index (χ1v) is 5.30. The summed E-state index contributed by atoms with van der Waals surface area (Å²) in [7, 11) is 0. The molecule has 2 N–H and O–H groups in total. The van der Waals surface area contributed by atoms with Crippen LogP contribution in [0.3, 0.4) is 0 Å². The Balaban J connectivity index is 2.46. The van der Waals surface area contributed by atoms with Crippen molar-refractivity contribution < 1.29 is 9.47 Å². The molecule has 3 nitrogen and oxygen atoms in total. The summed E-state index contributed by atoms with van der Waals surface area (Å²) in [5.74, 6) is 1.53. The molecule has 4 heteroatoms. The first-order valence-electron chi connectivity index (χ1n) is 4.92. The van der Waals surface area contributed by atoms with Gasteiger partial charge in [0.25, 0.3) is 0 Å². The second kappa shape index (κ2) is 3.91. The van der Waals surface area contributed by atoms with Gasteiger partial charge in [-0.15, -0.1) is 0 Å². The molecule has 82 valence electrons. The van der Waals surface area contributed by atoms with Gasteiger partial charge in [0.05, 0.1) is 0 Å². The molecule has 0 aromatic heterocycles. The molecule has 2 rings (SSSR count). The molecule has 0 radical (unpaired) electrons. The van der Waals surface area contributed by atoms with Crippen LogP contribution in [-0.4, -0.2) is 12.8 Å². The Bertz CT molecular complexity index is 391. The molecule has 1 atom stereocenters. The van der Waals surface area contributed by atoms with Crippen LogP contribution in [0.2, 0.25) is 5.02 Å². The maximum Gasteiger partial charge on any atom is 0.231 e. The van der Waals surface area contributed by atoms with Gasteiger partial charge in [0, 0.05) is 17.1 Å². The van der Waals surface area contributed by atoms with Crippen LogP contribution in [0.1, 0.15) is 18.1 Å². The van der Waals surface area contributed by atoms with Gasteiger partial charge in [-0.3, -0.25) is 0 Å². The van der Waals surface area contributed by atoms with Gasteiger partial charge in [-0.1, -0.05) is 11.6 Å². The van der Waals surface area contributed by atoms with Gasteiger partial charge in [0.1, 0.15) is 0 Å². The van der Waals surface area contributed by atoms with E-state index in [0.717, 1.165) is 29.0 Å². The van der Waals surface area contributed by atoms with Gasteiger partial charge >= 0.3 is 0 Å². The molecular weight excluding hydrogens is 214 g/mol. The lowest BCUT2D eigenvalue weighted by atomic mass is 10.0. The maximum atomic E-state index is 6.17. The highest BCUT2D eigenvalue weighted by molar-refractivity contribution is 6.31. The van der Waals surface area contributed by atoms with Gasteiger partial charge in [-0.05, 0) is 31.4 Å². The number of ether oxygens (including phenoxy) is 2. The van der Waals surface area contributed by atoms with E-state index in [1.807, 2.05) is 13.8 Å². The number of hydrogen-bond donors (Lipinski definition) is 1. The van der Waals surface area contributed by atoms with Gasteiger partial charge in [0.15, 0.2) is 11.5 Å². The summed E-state index contributed by atoms with van der Waals surface area (Å²) >= 11 is 6.17. The Hall–Kier alpha value is -0.930. The molecule has 0 spiro atoms. The van der Waals surface area contributed by atoms with Crippen molar-refractivity contribution in [3.8, 4) is 11.5 Å². The molecule has 1 aliphatic rings. The van der Waals surface area contributed by atoms with E-state index in [4.69, 9.17) is 26.8 Å². The number of halogens is 1. The van der Waals surface area contributed by atoms with E-state index in [0.29, 0.717) is 5.02 Å². The summed E-state index contributed by atoms with van der Waals surface area (Å²) in [4.78, 5) is 0. The van der Waals surface area contributed by atoms with Crippen LogP contribution in [-0.2, 0) is 6.42 Å². The topological polar surface area (TPSA) is 44.5 Å². The van der Waals surface area contributed by atoms with Crippen molar-refractivity contribution in [3.63, 3.8) is 0 Å². The van der Waals surface area contributed by atoms with Crippen LogP contribution in [0.15, 0.2) is 6.07 Å². The lowest BCUT2D eigenvalue weighted by Crippen LogP contribution is -2.18. The van der Waals surface area contributed by atoms with Crippen LogP contribution in [0.5, 0.6) is 11.5 Å². The van der Waals surface area contributed by atoms with Crippen molar-refractivity contribution in [1.82, 2.24) is 0 Å². The summed E-state index contributed by atoms with van der Waals surface area (Å²) in [6.07, 6.45) is 0.751. The number of fused-ring (bicyclic) bond motifs is 1. The zero-order valence-corrected chi connectivity index (χ0v) is 9.60. The van der Waals surface area contributed by atoms with Crippen molar-refractivity contribution in [2.24, 2.45) is 5.73 Å². The van der Waals surface area contributed by atoms with E-state index in [1.165, 1.54) is 0 Å². The van der Waals surface area contributed by atoms with Crippen molar-refractivity contribution in [1.29, 1.82) is 0 Å². The molecule has 1 aliphatic heterocycles. The minimum Gasteiger partial charge on any atom is -0.454 e. The third-order valence-corrected chi connectivity index (χ3v) is 2.84. The van der Waals surface area contributed by atoms with Crippen LogP contribution in [0.4, 0.5) is 0 Å². The first kappa shape index (κ1) is 10.6. The zero-order chi connectivity index (χ0) is 11.0. The van der Waals surface area contributed by atoms with Crippen molar-refractivity contribution in [2.45, 2.75) is 26.3 Å². The fourth-order valence-electron chi connectivity index (χ4n) is 1.78. The highest BCUT2D eigenvalue weighted by Gasteiger charge is 2.21. The zero-order valence-electron chi connectivity index (χ0n) is 8.84. The third kappa shape index (κ3) is 1.90. The Morgan fingerprint density at radius 2 is 2.27 bits per heavy atom. The highest BCUT2D eigenvalue weighted by Crippen LogP contribution is 2.41. The van der Waals surface area contributed by atoms with Gasteiger partial charge in [-0.2, -0.15) is 0 Å². The standard InChI is InChI=1S/C11H14ClNO2/c1-6(13)3-8-7(2)11-10(4-9(8)12)14-5-15-11/h4,6H,3,5,13H2,1-2H3. The van der Waals surface area contributed by atoms with E-state index in [2.05, 4.69) is 0 Å². The predicted octanol–water partition coefficient (Wildman–Crippen LogP) is 2.27. The summed E-state index contributed by atoms with van der Waals surface area (Å²) in [5, 5.41) is 0.703. The SMILES string of the molecule is Cc1c(CC(C)N)c(Cl)cc2c1OCO2. The molecular formula is C11H14ClNO2. The molecule has 1 aromatic carbocycles. The quantitative estimate of drug-likeness (QED) is 0.843. The van der Waals surface area contributed by atoms with Gasteiger partial charge < -0.3 is 15.2 Å². The minimum absolute atomic E-state index is 0.0848. The van der Waals surface area contributed by atoms with Crippen molar-refractivity contribution in [3.05, 3.63) is 22.2 Å². The van der Waals surface area contributed by atoms with Crippen LogP contribution in [0.25, 0.3) is 0 Å². The second-order valence-electron chi connectivity index (χ2n) is 3.88. The lowest BCUT2D eigenvalue weighted by Gasteiger charge is -2.12. The molecule has 1 heterocycles. The minimum atomic E-state index is 0.0848. The Labute approximate surface area is 94.1 Å². The average Bonchev–Trinajstić information content (AvgIpc) is 2.59. The highest BCUT2D eigenvalue weighted by atomic mass is 35.5. The Morgan fingerprint density at radius 1 is 1.53 bits per heavy atom. The molecule has 0 fully saturated rings. The molecule has 15 heavy (non-hydrogen) atoms. The van der Waals surface area contributed by atoms with Crippen LogP contribution >= 0.6 is 11.6 Å². The van der Waals surface area contributed by atoms with Gasteiger partial charge in [0.2, 0.25) is 6.79 Å². The van der Waals surface area contributed by atoms with Crippen LogP contribution < -0.4 is 15.2 Å². The monoisotopic (exact) mass is 227 g/mol. The average molecular weight is 228 g/mol. The van der Waals surface area contributed by atoms with E-state index >= 15 is 0 Å². The Kier molecular flexibility index (Phi) is 2.76. The van der Waals surface area contributed by atoms with Gasteiger partial charge in [-0.25, -0.2) is 0 Å². The molecule has 1 aromatic rings. The largest absolute Gasteiger partial charge is 0.454 e. The number of benzene rings is 1. The van der Waals surface area contributed by atoms with Crippen LogP contribution in [0, 0.1) is 6.92 Å². The lowest BCUT2D eigenvalue weighted by molar-refractivity contribution is 0.173. The normalized spacial score (nSPS) is 15.5. The van der Waals surface area contributed by atoms with Crippen molar-refractivity contribution in [2.75, 3.05) is 6.79 Å². The summed E-state index contributed by atoms with van der Waals surface area (Å²) < 4.78 is 10.7. The summed E-state index contributed by atoms with van der Waals surface area (Å²) in [6, 6.07) is 1.88. The smallest absolute Gasteiger partial charge is 0.231 e. The van der Waals surface area contributed by atoms with E-state index in [-0.39, 0.29) is 12.8 Å². The number of nitrogens with two attached hydrogens (primary N) is 1. The first-order chi connectivity index (χ1) is 7.09. The molecule has 0 saturated carbocycles.